The monoisotopic (exact) mass is 409 g/mol. The van der Waals surface area contributed by atoms with E-state index in [0.717, 1.165) is 0 Å². The molecule has 0 aromatic rings. The molecule has 1 rings (SSSR count). The lowest BCUT2D eigenvalue weighted by molar-refractivity contribution is -0.397. The number of β-amino-alcohol motifs (C(OH)–C–C–N with tert-alkyl or cyclic N) is 1. The molecule has 5 nitrogen and oxygen atoms in total. The van der Waals surface area contributed by atoms with Crippen LogP contribution in [0.1, 0.15) is 6.42 Å². The van der Waals surface area contributed by atoms with E-state index in [9.17, 15) is 54.8 Å². The van der Waals surface area contributed by atoms with Gasteiger partial charge in [-0.2, -0.15) is 39.5 Å². The molecule has 1 aliphatic heterocycles. The van der Waals surface area contributed by atoms with E-state index in [1.807, 2.05) is 0 Å². The molecule has 0 spiro atoms. The molecule has 1 aliphatic rings. The summed E-state index contributed by atoms with van der Waals surface area (Å²) >= 11 is 0. The first kappa shape index (κ1) is 23.2. The van der Waals surface area contributed by atoms with Gasteiger partial charge in [-0.3, -0.25) is 4.90 Å². The quantitative estimate of drug-likeness (QED) is 0.483. The summed E-state index contributed by atoms with van der Waals surface area (Å²) in [4.78, 5) is 0.581. The summed E-state index contributed by atoms with van der Waals surface area (Å²) in [7, 11) is 0. The van der Waals surface area contributed by atoms with Crippen molar-refractivity contribution in [2.45, 2.75) is 54.7 Å². The van der Waals surface area contributed by atoms with Gasteiger partial charge in [0.05, 0.1) is 18.8 Å². The van der Waals surface area contributed by atoms with Crippen LogP contribution in [0.2, 0.25) is 0 Å². The van der Waals surface area contributed by atoms with Crippen LogP contribution in [0.3, 0.4) is 0 Å². The fourth-order valence-corrected chi connectivity index (χ4v) is 2.48. The van der Waals surface area contributed by atoms with Crippen molar-refractivity contribution in [2.75, 3.05) is 19.7 Å². The number of alkyl halides is 9. The Labute approximate surface area is 140 Å². The van der Waals surface area contributed by atoms with Crippen molar-refractivity contribution >= 4 is 0 Å². The van der Waals surface area contributed by atoms with Gasteiger partial charge in [-0.05, 0) is 0 Å². The Morgan fingerprint density at radius 2 is 1.31 bits per heavy atom. The third-order valence-electron chi connectivity index (χ3n) is 4.14. The van der Waals surface area contributed by atoms with Crippen LogP contribution >= 0.6 is 0 Å². The van der Waals surface area contributed by atoms with Crippen LogP contribution in [-0.2, 0) is 0 Å². The third-order valence-corrected chi connectivity index (χ3v) is 4.14. The lowest BCUT2D eigenvalue weighted by Crippen LogP contribution is -2.64. The van der Waals surface area contributed by atoms with Crippen molar-refractivity contribution in [1.29, 1.82) is 0 Å². The van der Waals surface area contributed by atoms with Crippen LogP contribution in [0.4, 0.5) is 39.5 Å². The summed E-state index contributed by atoms with van der Waals surface area (Å²) in [6.07, 6.45) is -14.6. The van der Waals surface area contributed by atoms with Gasteiger partial charge in [-0.1, -0.05) is 0 Å². The van der Waals surface area contributed by atoms with Gasteiger partial charge >= 0.3 is 23.9 Å². The second kappa shape index (κ2) is 7.30. The van der Waals surface area contributed by atoms with Gasteiger partial charge < -0.3 is 20.4 Å². The van der Waals surface area contributed by atoms with Crippen LogP contribution < -0.4 is 0 Å². The number of aliphatic hydroxyl groups is 4. The largest absolute Gasteiger partial charge is 0.460 e. The molecule has 14 heteroatoms. The molecule has 4 atom stereocenters. The highest BCUT2D eigenvalue weighted by atomic mass is 19.4. The number of aliphatic hydroxyl groups excluding tert-OH is 4. The van der Waals surface area contributed by atoms with E-state index < -0.39 is 74.4 Å². The molecule has 0 aromatic heterocycles. The van der Waals surface area contributed by atoms with Gasteiger partial charge in [-0.25, -0.2) is 0 Å². The Hall–Kier alpha value is -0.830. The number of halogens is 9. The smallest absolute Gasteiger partial charge is 0.395 e. The van der Waals surface area contributed by atoms with Gasteiger partial charge in [-0.15, -0.1) is 0 Å². The van der Waals surface area contributed by atoms with Crippen LogP contribution in [0.25, 0.3) is 0 Å². The van der Waals surface area contributed by atoms with E-state index in [0.29, 0.717) is 4.90 Å². The molecule has 0 aromatic carbocycles. The second-order valence-electron chi connectivity index (χ2n) is 5.89. The summed E-state index contributed by atoms with van der Waals surface area (Å²) < 4.78 is 115. The minimum absolute atomic E-state index is 0.581. The molecular weight excluding hydrogens is 393 g/mol. The number of likely N-dealkylation sites (tertiary alicyclic amines) is 1. The van der Waals surface area contributed by atoms with Crippen molar-refractivity contribution in [3.05, 3.63) is 0 Å². The highest BCUT2D eigenvalue weighted by molar-refractivity contribution is 5.01. The Balaban J connectivity index is 2.96. The fourth-order valence-electron chi connectivity index (χ4n) is 2.48. The predicted molar refractivity (Wildman–Crippen MR) is 66.0 cm³/mol. The van der Waals surface area contributed by atoms with E-state index in [4.69, 9.17) is 5.11 Å². The highest BCUT2D eigenvalue weighted by Gasteiger charge is 2.81. The van der Waals surface area contributed by atoms with Gasteiger partial charge in [0.1, 0.15) is 12.2 Å². The molecule has 0 unspecified atom stereocenters. The Bertz CT molecular complexity index is 488. The number of hydrogen-bond acceptors (Lipinski definition) is 5. The van der Waals surface area contributed by atoms with Gasteiger partial charge in [0.15, 0.2) is 0 Å². The zero-order valence-corrected chi connectivity index (χ0v) is 12.8. The molecule has 1 saturated heterocycles. The van der Waals surface area contributed by atoms with Crippen LogP contribution in [0.15, 0.2) is 0 Å². The molecule has 0 radical (unpaired) electrons. The minimum atomic E-state index is -7.00. The number of nitrogens with zero attached hydrogens (tertiary/aromatic N) is 1. The van der Waals surface area contributed by atoms with Crippen LogP contribution in [0, 0.1) is 0 Å². The average Bonchev–Trinajstić information content (AvgIpc) is 2.49. The number of piperidine rings is 1. The Morgan fingerprint density at radius 1 is 0.808 bits per heavy atom. The summed E-state index contributed by atoms with van der Waals surface area (Å²) in [5.41, 5.74) is 0. The standard InChI is InChI=1S/C12H16F9NO4/c13-9(14,10(15,16)11(17,18)12(19,20)21)1-2-22-3-6(24)8(26)7(25)5(22)4-23/h5-8,23-26H,1-4H2/t5-,6+,7+,8-/m1/s1. The molecule has 0 saturated carbocycles. The topological polar surface area (TPSA) is 84.2 Å². The summed E-state index contributed by atoms with van der Waals surface area (Å²) in [6.45, 7) is -2.99. The molecule has 26 heavy (non-hydrogen) atoms. The van der Waals surface area contributed by atoms with Crippen LogP contribution in [0.5, 0.6) is 0 Å². The molecule has 0 bridgehead atoms. The molecular formula is C12H16F9NO4. The Kier molecular flexibility index (Phi) is 6.51. The van der Waals surface area contributed by atoms with E-state index in [-0.39, 0.29) is 0 Å². The van der Waals surface area contributed by atoms with Crippen molar-refractivity contribution in [1.82, 2.24) is 4.90 Å². The fraction of sp³-hybridized carbons (Fsp3) is 1.00. The maximum atomic E-state index is 13.5. The minimum Gasteiger partial charge on any atom is -0.395 e. The van der Waals surface area contributed by atoms with Crippen molar-refractivity contribution in [3.8, 4) is 0 Å². The molecule has 4 N–H and O–H groups in total. The van der Waals surface area contributed by atoms with E-state index in [1.54, 1.807) is 0 Å². The highest BCUT2D eigenvalue weighted by Crippen LogP contribution is 2.54. The van der Waals surface area contributed by atoms with Gasteiger partial charge in [0.25, 0.3) is 0 Å². The third kappa shape index (κ3) is 3.88. The molecule has 0 amide bonds. The lowest BCUT2D eigenvalue weighted by Gasteiger charge is -2.43. The van der Waals surface area contributed by atoms with E-state index in [1.165, 1.54) is 0 Å². The maximum Gasteiger partial charge on any atom is 0.460 e. The first-order valence-corrected chi connectivity index (χ1v) is 7.10. The first-order chi connectivity index (χ1) is 11.5. The molecule has 1 fully saturated rings. The average molecular weight is 409 g/mol. The second-order valence-corrected chi connectivity index (χ2v) is 5.89. The van der Waals surface area contributed by atoms with Gasteiger partial charge in [0, 0.05) is 19.5 Å². The zero-order chi connectivity index (χ0) is 20.7. The van der Waals surface area contributed by atoms with Crippen molar-refractivity contribution in [3.63, 3.8) is 0 Å². The lowest BCUT2D eigenvalue weighted by atomic mass is 9.93. The summed E-state index contributed by atoms with van der Waals surface area (Å²) in [5, 5.41) is 37.5. The number of rotatable bonds is 6. The van der Waals surface area contributed by atoms with Crippen LogP contribution in [-0.4, -0.2) is 93.3 Å². The predicted octanol–water partition coefficient (Wildman–Crippen LogP) is 0.604. The van der Waals surface area contributed by atoms with E-state index >= 15 is 0 Å². The van der Waals surface area contributed by atoms with E-state index in [2.05, 4.69) is 0 Å². The molecule has 156 valence electrons. The maximum absolute atomic E-state index is 13.5. The molecule has 1 heterocycles. The van der Waals surface area contributed by atoms with Gasteiger partial charge in [0.2, 0.25) is 0 Å². The number of hydrogen-bond donors (Lipinski definition) is 4. The zero-order valence-electron chi connectivity index (χ0n) is 12.8. The normalized spacial score (nSPS) is 29.9. The SMILES string of the molecule is OC[C@@H]1[C@H](O)[C@H](O)[C@@H](O)CN1CCC(F)(F)C(F)(F)C(F)(F)C(F)(F)F. The summed E-state index contributed by atoms with van der Waals surface area (Å²) in [6, 6.07) is -1.53. The molecule has 0 aliphatic carbocycles. The summed E-state index contributed by atoms with van der Waals surface area (Å²) in [5.74, 6) is -19.6. The van der Waals surface area contributed by atoms with Crippen molar-refractivity contribution in [2.24, 2.45) is 0 Å². The first-order valence-electron chi connectivity index (χ1n) is 7.10. The Morgan fingerprint density at radius 3 is 1.73 bits per heavy atom. The van der Waals surface area contributed by atoms with Crippen molar-refractivity contribution < 1.29 is 59.9 Å².